The van der Waals surface area contributed by atoms with Crippen LogP contribution in [0.4, 0.5) is 4.79 Å². The second-order valence-corrected chi connectivity index (χ2v) is 10.5. The molecule has 3 amide bonds. The maximum atomic E-state index is 12.5. The Labute approximate surface area is 179 Å². The van der Waals surface area contributed by atoms with E-state index in [0.29, 0.717) is 5.56 Å². The first-order chi connectivity index (χ1) is 13.8. The van der Waals surface area contributed by atoms with E-state index in [1.54, 1.807) is 0 Å². The molecule has 0 saturated carbocycles. The van der Waals surface area contributed by atoms with Crippen molar-refractivity contribution < 1.29 is 26.4 Å². The Morgan fingerprint density at radius 3 is 2.10 bits per heavy atom. The van der Waals surface area contributed by atoms with E-state index >= 15 is 0 Å². The maximum absolute atomic E-state index is 12.5. The Morgan fingerprint density at radius 2 is 1.57 bits per heavy atom. The van der Waals surface area contributed by atoms with E-state index in [2.05, 4.69) is 5.32 Å². The zero-order chi connectivity index (χ0) is 22.7. The third kappa shape index (κ3) is 5.48. The molecule has 0 bridgehead atoms. The van der Waals surface area contributed by atoms with E-state index in [1.807, 2.05) is 4.72 Å². The summed E-state index contributed by atoms with van der Waals surface area (Å²) in [5.74, 6) is -1.09. The largest absolute Gasteiger partial charge is 0.352 e. The van der Waals surface area contributed by atoms with Gasteiger partial charge in [0.2, 0.25) is 10.0 Å². The first-order valence-electron chi connectivity index (χ1n) is 8.26. The lowest BCUT2D eigenvalue weighted by atomic mass is 10.2. The number of hydrogen-bond acceptors (Lipinski definition) is 6. The van der Waals surface area contributed by atoms with E-state index in [4.69, 9.17) is 17.3 Å². The molecule has 2 rings (SSSR count). The van der Waals surface area contributed by atoms with Crippen LogP contribution in [0.15, 0.2) is 52.3 Å². The van der Waals surface area contributed by atoms with Crippen molar-refractivity contribution in [2.24, 2.45) is 5.73 Å². The van der Waals surface area contributed by atoms with Gasteiger partial charge in [0.1, 0.15) is 0 Å². The third-order valence-electron chi connectivity index (χ3n) is 3.89. The molecule has 0 aliphatic carbocycles. The van der Waals surface area contributed by atoms with Crippen molar-refractivity contribution in [2.75, 3.05) is 14.1 Å². The number of carbonyl (C=O) groups excluding carboxylic acids is 2. The predicted molar refractivity (Wildman–Crippen MR) is 110 cm³/mol. The minimum Gasteiger partial charge on any atom is -0.352 e. The number of halogens is 1. The third-order valence-corrected chi connectivity index (χ3v) is 7.38. The maximum Gasteiger partial charge on any atom is 0.312 e. The van der Waals surface area contributed by atoms with Gasteiger partial charge in [-0.1, -0.05) is 23.7 Å². The van der Waals surface area contributed by atoms with E-state index in [1.165, 1.54) is 50.5 Å². The highest BCUT2D eigenvalue weighted by Crippen LogP contribution is 2.23. The van der Waals surface area contributed by atoms with Crippen LogP contribution in [0.1, 0.15) is 15.9 Å². The lowest BCUT2D eigenvalue weighted by Gasteiger charge is -2.13. The predicted octanol–water partition coefficient (Wildman–Crippen LogP) is 0.877. The summed E-state index contributed by atoms with van der Waals surface area (Å²) in [4.78, 5) is 22.8. The minimum atomic E-state index is -4.27. The van der Waals surface area contributed by atoms with Crippen LogP contribution in [0.3, 0.4) is 0 Å². The van der Waals surface area contributed by atoms with Crippen molar-refractivity contribution in [3.63, 3.8) is 0 Å². The van der Waals surface area contributed by atoms with Crippen LogP contribution in [0, 0.1) is 0 Å². The number of hydrogen-bond donors (Lipinski definition) is 3. The molecule has 0 fully saturated rings. The van der Waals surface area contributed by atoms with Gasteiger partial charge < -0.3 is 11.1 Å². The monoisotopic (exact) mass is 474 g/mol. The number of amides is 3. The van der Waals surface area contributed by atoms with Crippen LogP contribution in [-0.4, -0.2) is 47.2 Å². The van der Waals surface area contributed by atoms with Gasteiger partial charge >= 0.3 is 6.03 Å². The van der Waals surface area contributed by atoms with E-state index < -0.39 is 32.0 Å². The summed E-state index contributed by atoms with van der Waals surface area (Å²) in [6.07, 6.45) is 0. The molecule has 2 aromatic rings. The molecule has 10 nitrogen and oxygen atoms in total. The minimum absolute atomic E-state index is 0.102. The number of sulfonamides is 2. The number of benzene rings is 2. The molecular formula is C17H19ClN4O6S2. The van der Waals surface area contributed by atoms with Crippen LogP contribution in [-0.2, 0) is 26.6 Å². The van der Waals surface area contributed by atoms with Crippen molar-refractivity contribution in [3.8, 4) is 0 Å². The molecule has 0 aliphatic rings. The average molecular weight is 475 g/mol. The molecule has 0 atom stereocenters. The van der Waals surface area contributed by atoms with Crippen molar-refractivity contribution in [2.45, 2.75) is 16.3 Å². The van der Waals surface area contributed by atoms with Crippen LogP contribution < -0.4 is 15.8 Å². The summed E-state index contributed by atoms with van der Waals surface area (Å²) in [5.41, 5.74) is 5.24. The molecule has 0 heterocycles. The smallest absolute Gasteiger partial charge is 0.312 e. The molecule has 162 valence electrons. The molecule has 30 heavy (non-hydrogen) atoms. The molecule has 4 N–H and O–H groups in total. The fraction of sp³-hybridized carbons (Fsp3) is 0.176. The summed E-state index contributed by atoms with van der Waals surface area (Å²) in [6, 6.07) is 8.03. The van der Waals surface area contributed by atoms with Gasteiger partial charge in [0.25, 0.3) is 15.9 Å². The summed E-state index contributed by atoms with van der Waals surface area (Å²) in [7, 11) is -5.49. The van der Waals surface area contributed by atoms with Crippen molar-refractivity contribution in [3.05, 3.63) is 58.6 Å². The van der Waals surface area contributed by atoms with Gasteiger partial charge in [-0.15, -0.1) is 0 Å². The van der Waals surface area contributed by atoms with Gasteiger partial charge in [-0.05, 0) is 35.9 Å². The number of nitrogens with two attached hydrogens (primary N) is 1. The Kier molecular flexibility index (Phi) is 7.08. The van der Waals surface area contributed by atoms with Crippen LogP contribution in [0.5, 0.6) is 0 Å². The second-order valence-electron chi connectivity index (χ2n) is 6.23. The normalized spacial score (nSPS) is 11.9. The zero-order valence-electron chi connectivity index (χ0n) is 15.9. The summed E-state index contributed by atoms with van der Waals surface area (Å²) >= 11 is 5.97. The topological polar surface area (TPSA) is 156 Å². The van der Waals surface area contributed by atoms with E-state index in [9.17, 15) is 26.4 Å². The first-order valence-corrected chi connectivity index (χ1v) is 11.6. The molecule has 0 unspecified atom stereocenters. The Bertz CT molecular complexity index is 1180. The van der Waals surface area contributed by atoms with Gasteiger partial charge in [0.15, 0.2) is 0 Å². The Balaban J connectivity index is 2.27. The molecule has 0 spiro atoms. The van der Waals surface area contributed by atoms with Gasteiger partial charge in [-0.3, -0.25) is 4.79 Å². The zero-order valence-corrected chi connectivity index (χ0v) is 18.3. The Hall–Kier alpha value is -2.67. The molecule has 0 radical (unpaired) electrons. The number of nitrogens with one attached hydrogen (secondary N) is 2. The fourth-order valence-electron chi connectivity index (χ4n) is 2.26. The van der Waals surface area contributed by atoms with Gasteiger partial charge in [0, 0.05) is 20.6 Å². The van der Waals surface area contributed by atoms with Crippen molar-refractivity contribution in [1.29, 1.82) is 0 Å². The molecule has 0 aliphatic heterocycles. The summed E-state index contributed by atoms with van der Waals surface area (Å²) in [5, 5.41) is 2.24. The van der Waals surface area contributed by atoms with Gasteiger partial charge in [-0.2, -0.15) is 0 Å². The lowest BCUT2D eigenvalue weighted by Crippen LogP contribution is -2.31. The fourth-order valence-corrected chi connectivity index (χ4v) is 4.36. The number of rotatable bonds is 7. The second kappa shape index (κ2) is 9.00. The number of urea groups is 1. The van der Waals surface area contributed by atoms with Crippen LogP contribution in [0.25, 0.3) is 0 Å². The van der Waals surface area contributed by atoms with E-state index in [-0.39, 0.29) is 26.9 Å². The highest BCUT2D eigenvalue weighted by molar-refractivity contribution is 7.90. The quantitative estimate of drug-likeness (QED) is 0.540. The molecule has 13 heteroatoms. The van der Waals surface area contributed by atoms with Crippen LogP contribution in [0.2, 0.25) is 5.02 Å². The standard InChI is InChI=1S/C17H19ClN4O6S2/c1-22(2)30(27,28)13-7-8-15(18)14(9-13)16(23)21-29(25,26)12-5-3-11(4-6-12)10-20-17(19)24/h3-9H,10H2,1-2H3,(H,21,23)(H3,19,20,24). The summed E-state index contributed by atoms with van der Waals surface area (Å²) < 4.78 is 52.3. The Morgan fingerprint density at radius 1 is 1.00 bits per heavy atom. The van der Waals surface area contributed by atoms with Gasteiger partial charge in [-0.25, -0.2) is 30.7 Å². The molecule has 2 aromatic carbocycles. The van der Waals surface area contributed by atoms with Crippen LogP contribution >= 0.6 is 11.6 Å². The summed E-state index contributed by atoms with van der Waals surface area (Å²) in [6.45, 7) is 0.102. The van der Waals surface area contributed by atoms with E-state index in [0.717, 1.165) is 10.4 Å². The van der Waals surface area contributed by atoms with Crippen molar-refractivity contribution in [1.82, 2.24) is 14.3 Å². The number of primary amides is 1. The number of carbonyl (C=O) groups is 2. The lowest BCUT2D eigenvalue weighted by molar-refractivity contribution is 0.0981. The highest BCUT2D eigenvalue weighted by atomic mass is 35.5. The van der Waals surface area contributed by atoms with Crippen molar-refractivity contribution >= 4 is 43.6 Å². The molecule has 0 aromatic heterocycles. The number of nitrogens with zero attached hydrogens (tertiary/aromatic N) is 1. The van der Waals surface area contributed by atoms with Gasteiger partial charge in [0.05, 0.1) is 20.4 Å². The SMILES string of the molecule is CN(C)S(=O)(=O)c1ccc(Cl)c(C(=O)NS(=O)(=O)c2ccc(CNC(N)=O)cc2)c1. The molecular weight excluding hydrogens is 456 g/mol. The molecule has 0 saturated heterocycles. The first kappa shape index (κ1) is 23.6. The highest BCUT2D eigenvalue weighted by Gasteiger charge is 2.24. The average Bonchev–Trinajstić information content (AvgIpc) is 2.66.